The lowest BCUT2D eigenvalue weighted by atomic mass is 9.97. The van der Waals surface area contributed by atoms with Gasteiger partial charge in [-0.1, -0.05) is 0 Å². The van der Waals surface area contributed by atoms with Crippen LogP contribution in [-0.2, 0) is 20.7 Å². The highest BCUT2D eigenvalue weighted by molar-refractivity contribution is 7.85. The number of carbonyl (C=O) groups excluding carboxylic acids is 1. The van der Waals surface area contributed by atoms with Gasteiger partial charge in [-0.2, -0.15) is 8.42 Å². The summed E-state index contributed by atoms with van der Waals surface area (Å²) >= 11 is 5.80. The molecule has 1 aromatic carbocycles. The Morgan fingerprint density at radius 3 is 2.31 bits per heavy atom. The molecule has 1 rings (SSSR count). The molecule has 0 atom stereocenters. The number of aliphatic hydroxyl groups is 1. The highest BCUT2D eigenvalue weighted by Gasteiger charge is 2.35. The van der Waals surface area contributed by atoms with E-state index in [4.69, 9.17) is 11.6 Å². The number of hydrogen-bond donors (Lipinski definition) is 2. The van der Waals surface area contributed by atoms with Crippen LogP contribution in [0, 0.1) is 20.2 Å². The number of nitro groups is 2. The lowest BCUT2D eigenvalue weighted by Crippen LogP contribution is -2.40. The zero-order valence-electron chi connectivity index (χ0n) is 17.7. The minimum absolute atomic E-state index is 0.114. The fourth-order valence-corrected chi connectivity index (χ4v) is 3.55. The SMILES string of the molecule is CC(C)N(CCO)C(=O)c1c(CCCl)c([N+](=O)[O-])cc([N+](=O)[O-])c1NCCOS(C)(=O)=O. The van der Waals surface area contributed by atoms with Crippen molar-refractivity contribution in [2.24, 2.45) is 0 Å². The van der Waals surface area contributed by atoms with Crippen molar-refractivity contribution in [1.82, 2.24) is 4.90 Å². The van der Waals surface area contributed by atoms with Crippen LogP contribution in [0.2, 0.25) is 0 Å². The van der Waals surface area contributed by atoms with Gasteiger partial charge in [0, 0.05) is 30.6 Å². The molecule has 180 valence electrons. The Bertz CT molecular complexity index is 969. The van der Waals surface area contributed by atoms with Gasteiger partial charge in [-0.15, -0.1) is 11.6 Å². The first-order valence-corrected chi connectivity index (χ1v) is 11.8. The van der Waals surface area contributed by atoms with Crippen LogP contribution in [0.15, 0.2) is 6.07 Å². The first-order valence-electron chi connectivity index (χ1n) is 9.40. The molecule has 2 N–H and O–H groups in total. The van der Waals surface area contributed by atoms with Gasteiger partial charge in [-0.05, 0) is 20.3 Å². The van der Waals surface area contributed by atoms with Gasteiger partial charge in [0.1, 0.15) is 5.69 Å². The molecule has 0 fully saturated rings. The molecule has 32 heavy (non-hydrogen) atoms. The molecule has 15 heteroatoms. The average Bonchev–Trinajstić information content (AvgIpc) is 2.67. The number of carbonyl (C=O) groups is 1. The van der Waals surface area contributed by atoms with Gasteiger partial charge in [-0.25, -0.2) is 0 Å². The first kappa shape index (κ1) is 27.5. The number of amides is 1. The summed E-state index contributed by atoms with van der Waals surface area (Å²) in [6.45, 7) is 2.10. The highest BCUT2D eigenvalue weighted by Crippen LogP contribution is 2.39. The summed E-state index contributed by atoms with van der Waals surface area (Å²) in [5.74, 6) is -0.899. The normalized spacial score (nSPS) is 11.4. The summed E-state index contributed by atoms with van der Waals surface area (Å²) in [6, 6.07) is 0.280. The maximum Gasteiger partial charge on any atom is 0.300 e. The number of benzene rings is 1. The van der Waals surface area contributed by atoms with Crippen molar-refractivity contribution in [2.75, 3.05) is 43.8 Å². The molecule has 0 bridgehead atoms. The second-order valence-corrected chi connectivity index (χ2v) is 8.89. The fourth-order valence-electron chi connectivity index (χ4n) is 2.98. The van der Waals surface area contributed by atoms with E-state index in [2.05, 4.69) is 9.50 Å². The van der Waals surface area contributed by atoms with E-state index in [0.717, 1.165) is 12.3 Å². The summed E-state index contributed by atoms with van der Waals surface area (Å²) < 4.78 is 26.9. The highest BCUT2D eigenvalue weighted by atomic mass is 35.5. The predicted molar refractivity (Wildman–Crippen MR) is 117 cm³/mol. The molecular weight excluding hydrogens is 472 g/mol. The topological polar surface area (TPSA) is 182 Å². The summed E-state index contributed by atoms with van der Waals surface area (Å²) in [6.07, 6.45) is 0.681. The monoisotopic (exact) mass is 496 g/mol. The average molecular weight is 497 g/mol. The third-order valence-corrected chi connectivity index (χ3v) is 5.05. The standard InChI is InChI=1S/C17H25ClN4O9S/c1-11(2)20(7-8-23)17(24)15-12(4-5-18)13(21(25)26)10-14(22(27)28)16(15)19-6-9-31-32(3,29)30/h10-11,19,23H,4-9H2,1-3H3. The van der Waals surface area contributed by atoms with Crippen molar-refractivity contribution < 1.29 is 32.3 Å². The maximum absolute atomic E-state index is 13.4. The summed E-state index contributed by atoms with van der Waals surface area (Å²) in [7, 11) is -3.78. The third kappa shape index (κ3) is 7.25. The van der Waals surface area contributed by atoms with E-state index < -0.39 is 56.5 Å². The minimum Gasteiger partial charge on any atom is -0.395 e. The van der Waals surface area contributed by atoms with Gasteiger partial charge in [0.25, 0.3) is 27.4 Å². The molecular formula is C17H25ClN4O9S. The Morgan fingerprint density at radius 1 is 1.28 bits per heavy atom. The van der Waals surface area contributed by atoms with Gasteiger partial charge in [0.2, 0.25) is 0 Å². The van der Waals surface area contributed by atoms with Crippen molar-refractivity contribution in [3.63, 3.8) is 0 Å². The number of aliphatic hydroxyl groups excluding tert-OH is 1. The van der Waals surface area contributed by atoms with Gasteiger partial charge in [0.15, 0.2) is 0 Å². The zero-order chi connectivity index (χ0) is 24.6. The zero-order valence-corrected chi connectivity index (χ0v) is 19.3. The molecule has 0 spiro atoms. The molecule has 1 aromatic rings. The Balaban J connectivity index is 3.77. The van der Waals surface area contributed by atoms with Gasteiger partial charge in [-0.3, -0.25) is 29.2 Å². The first-order chi connectivity index (χ1) is 14.9. The van der Waals surface area contributed by atoms with E-state index in [1.807, 2.05) is 0 Å². The quantitative estimate of drug-likeness (QED) is 0.133. The van der Waals surface area contributed by atoms with Crippen molar-refractivity contribution in [2.45, 2.75) is 26.3 Å². The second kappa shape index (κ2) is 11.9. The van der Waals surface area contributed by atoms with Gasteiger partial charge in [0.05, 0.1) is 40.9 Å². The molecule has 0 radical (unpaired) electrons. The van der Waals surface area contributed by atoms with E-state index in [0.29, 0.717) is 0 Å². The molecule has 0 aliphatic rings. The van der Waals surface area contributed by atoms with Crippen LogP contribution in [0.1, 0.15) is 29.8 Å². The van der Waals surface area contributed by atoms with E-state index in [1.165, 1.54) is 4.90 Å². The molecule has 0 unspecified atom stereocenters. The molecule has 0 saturated carbocycles. The summed E-state index contributed by atoms with van der Waals surface area (Å²) in [4.78, 5) is 36.2. The molecule has 1 amide bonds. The lowest BCUT2D eigenvalue weighted by molar-refractivity contribution is -0.394. The number of anilines is 1. The van der Waals surface area contributed by atoms with Crippen LogP contribution in [0.4, 0.5) is 17.1 Å². The molecule has 0 aliphatic heterocycles. The van der Waals surface area contributed by atoms with Crippen molar-refractivity contribution in [3.05, 3.63) is 37.4 Å². The minimum atomic E-state index is -3.78. The van der Waals surface area contributed by atoms with Crippen LogP contribution in [0.25, 0.3) is 0 Å². The van der Waals surface area contributed by atoms with Gasteiger partial charge >= 0.3 is 0 Å². The van der Waals surface area contributed by atoms with Crippen molar-refractivity contribution >= 4 is 44.7 Å². The van der Waals surface area contributed by atoms with E-state index in [-0.39, 0.29) is 42.2 Å². The number of rotatable bonds is 13. The third-order valence-electron chi connectivity index (χ3n) is 4.27. The number of nitrogens with one attached hydrogen (secondary N) is 1. The summed E-state index contributed by atoms with van der Waals surface area (Å²) in [5, 5.41) is 35.3. The number of hydrogen-bond acceptors (Lipinski definition) is 10. The van der Waals surface area contributed by atoms with Gasteiger partial charge < -0.3 is 15.3 Å². The van der Waals surface area contributed by atoms with Crippen LogP contribution >= 0.6 is 11.6 Å². The maximum atomic E-state index is 13.4. The molecule has 0 aromatic heterocycles. The van der Waals surface area contributed by atoms with Crippen LogP contribution in [0.3, 0.4) is 0 Å². The molecule has 13 nitrogen and oxygen atoms in total. The number of nitro benzene ring substituents is 2. The van der Waals surface area contributed by atoms with Crippen molar-refractivity contribution in [1.29, 1.82) is 0 Å². The Morgan fingerprint density at radius 2 is 1.88 bits per heavy atom. The Hall–Kier alpha value is -2.55. The van der Waals surface area contributed by atoms with Crippen LogP contribution < -0.4 is 5.32 Å². The molecule has 0 heterocycles. The van der Waals surface area contributed by atoms with E-state index in [1.54, 1.807) is 13.8 Å². The smallest absolute Gasteiger partial charge is 0.300 e. The number of alkyl halides is 1. The van der Waals surface area contributed by atoms with Crippen LogP contribution in [-0.4, -0.2) is 78.7 Å². The number of nitrogens with zero attached hydrogens (tertiary/aromatic N) is 3. The largest absolute Gasteiger partial charge is 0.395 e. The van der Waals surface area contributed by atoms with E-state index >= 15 is 0 Å². The fraction of sp³-hybridized carbons (Fsp3) is 0.588. The molecule has 0 aliphatic carbocycles. The Labute approximate surface area is 189 Å². The number of halogens is 1. The lowest BCUT2D eigenvalue weighted by Gasteiger charge is -2.28. The van der Waals surface area contributed by atoms with Crippen LogP contribution in [0.5, 0.6) is 0 Å². The predicted octanol–water partition coefficient (Wildman–Crippen LogP) is 1.52. The summed E-state index contributed by atoms with van der Waals surface area (Å²) in [5.41, 5.74) is -2.17. The van der Waals surface area contributed by atoms with E-state index in [9.17, 15) is 38.5 Å². The van der Waals surface area contributed by atoms with Crippen molar-refractivity contribution in [3.8, 4) is 0 Å². The Kier molecular flexibility index (Phi) is 10.2. The second-order valence-electron chi connectivity index (χ2n) is 6.87. The molecule has 0 saturated heterocycles.